The Labute approximate surface area is 82.7 Å². The van der Waals surface area contributed by atoms with Crippen molar-refractivity contribution in [2.75, 3.05) is 19.7 Å². The third-order valence-electron chi connectivity index (χ3n) is 1.97. The van der Waals surface area contributed by atoms with E-state index in [1.54, 1.807) is 13.8 Å². The van der Waals surface area contributed by atoms with Gasteiger partial charge in [0.25, 0.3) is 0 Å². The van der Waals surface area contributed by atoms with Gasteiger partial charge in [-0.1, -0.05) is 0 Å². The summed E-state index contributed by atoms with van der Waals surface area (Å²) < 4.78 is 36.3. The molecular formula is C9H18F3NO. The van der Waals surface area contributed by atoms with Crippen molar-refractivity contribution >= 4 is 0 Å². The average molecular weight is 213 g/mol. The SMILES string of the molecule is CC(C)N(CCCCO)CC(F)(F)F. The quantitative estimate of drug-likeness (QED) is 0.682. The Hall–Kier alpha value is -0.290. The molecule has 0 aliphatic rings. The van der Waals surface area contributed by atoms with Crippen molar-refractivity contribution in [1.82, 2.24) is 4.90 Å². The zero-order chi connectivity index (χ0) is 11.2. The number of hydrogen-bond acceptors (Lipinski definition) is 2. The van der Waals surface area contributed by atoms with E-state index in [1.165, 1.54) is 4.90 Å². The molecule has 5 heteroatoms. The monoisotopic (exact) mass is 213 g/mol. The molecule has 0 amide bonds. The molecule has 0 heterocycles. The van der Waals surface area contributed by atoms with Gasteiger partial charge in [0.2, 0.25) is 0 Å². The third-order valence-corrected chi connectivity index (χ3v) is 1.97. The first-order valence-corrected chi connectivity index (χ1v) is 4.78. The largest absolute Gasteiger partial charge is 0.401 e. The summed E-state index contributed by atoms with van der Waals surface area (Å²) in [6.45, 7) is 3.04. The Bertz CT molecular complexity index is 147. The van der Waals surface area contributed by atoms with Gasteiger partial charge in [0.15, 0.2) is 0 Å². The van der Waals surface area contributed by atoms with E-state index >= 15 is 0 Å². The summed E-state index contributed by atoms with van der Waals surface area (Å²) in [6.07, 6.45) is -2.98. The summed E-state index contributed by atoms with van der Waals surface area (Å²) in [6, 6.07) is -0.115. The molecule has 0 bridgehead atoms. The van der Waals surface area contributed by atoms with Crippen molar-refractivity contribution < 1.29 is 18.3 Å². The van der Waals surface area contributed by atoms with E-state index in [1.807, 2.05) is 0 Å². The lowest BCUT2D eigenvalue weighted by molar-refractivity contribution is -0.149. The predicted octanol–water partition coefficient (Wildman–Crippen LogP) is 2.03. The van der Waals surface area contributed by atoms with Crippen molar-refractivity contribution in [3.63, 3.8) is 0 Å². The molecule has 14 heavy (non-hydrogen) atoms. The van der Waals surface area contributed by atoms with E-state index in [-0.39, 0.29) is 12.6 Å². The molecule has 0 spiro atoms. The minimum atomic E-state index is -4.14. The van der Waals surface area contributed by atoms with Gasteiger partial charge in [-0.2, -0.15) is 13.2 Å². The Kier molecular flexibility index (Phi) is 6.11. The molecule has 0 rings (SSSR count). The van der Waals surface area contributed by atoms with Gasteiger partial charge in [0.05, 0.1) is 6.54 Å². The number of hydrogen-bond donors (Lipinski definition) is 1. The van der Waals surface area contributed by atoms with Gasteiger partial charge in [0, 0.05) is 12.6 Å². The van der Waals surface area contributed by atoms with Crippen LogP contribution in [0.2, 0.25) is 0 Å². The van der Waals surface area contributed by atoms with E-state index in [9.17, 15) is 13.2 Å². The van der Waals surface area contributed by atoms with Crippen LogP contribution in [0.1, 0.15) is 26.7 Å². The lowest BCUT2D eigenvalue weighted by Crippen LogP contribution is -2.39. The highest BCUT2D eigenvalue weighted by Gasteiger charge is 2.31. The first-order chi connectivity index (χ1) is 6.37. The van der Waals surface area contributed by atoms with Crippen LogP contribution in [0.5, 0.6) is 0 Å². The molecular weight excluding hydrogens is 195 g/mol. The molecule has 0 aromatic rings. The Morgan fingerprint density at radius 3 is 2.14 bits per heavy atom. The fraction of sp³-hybridized carbons (Fsp3) is 1.00. The number of nitrogens with zero attached hydrogens (tertiary/aromatic N) is 1. The maximum Gasteiger partial charge on any atom is 0.401 e. The minimum absolute atomic E-state index is 0.0396. The molecule has 0 radical (unpaired) electrons. The Morgan fingerprint density at radius 1 is 1.21 bits per heavy atom. The average Bonchev–Trinajstić information content (AvgIpc) is 2.00. The molecule has 1 N–H and O–H groups in total. The normalized spacial score (nSPS) is 12.9. The summed E-state index contributed by atoms with van der Waals surface area (Å²) >= 11 is 0. The number of aliphatic hydroxyl groups is 1. The van der Waals surface area contributed by atoms with E-state index in [0.29, 0.717) is 19.4 Å². The molecule has 0 aromatic carbocycles. The second-order valence-electron chi connectivity index (χ2n) is 3.61. The van der Waals surface area contributed by atoms with Crippen LogP contribution in [0.15, 0.2) is 0 Å². The molecule has 86 valence electrons. The smallest absolute Gasteiger partial charge is 0.396 e. The molecule has 2 nitrogen and oxygen atoms in total. The molecule has 0 fully saturated rings. The Balaban J connectivity index is 3.91. The Morgan fingerprint density at radius 2 is 1.79 bits per heavy atom. The van der Waals surface area contributed by atoms with Gasteiger partial charge < -0.3 is 5.11 Å². The van der Waals surface area contributed by atoms with Crippen LogP contribution in [0.25, 0.3) is 0 Å². The number of halogens is 3. The number of unbranched alkanes of at least 4 members (excludes halogenated alkanes) is 1. The summed E-state index contributed by atoms with van der Waals surface area (Å²) in [7, 11) is 0. The van der Waals surface area contributed by atoms with E-state index in [4.69, 9.17) is 5.11 Å². The first kappa shape index (κ1) is 13.7. The highest BCUT2D eigenvalue weighted by Crippen LogP contribution is 2.18. The standard InChI is InChI=1S/C9H18F3NO/c1-8(2)13(5-3-4-6-14)7-9(10,11)12/h8,14H,3-7H2,1-2H3. The van der Waals surface area contributed by atoms with Crippen molar-refractivity contribution in [3.8, 4) is 0 Å². The molecule has 0 aliphatic carbocycles. The zero-order valence-electron chi connectivity index (χ0n) is 8.64. The number of rotatable bonds is 6. The number of aliphatic hydroxyl groups excluding tert-OH is 1. The second-order valence-corrected chi connectivity index (χ2v) is 3.61. The topological polar surface area (TPSA) is 23.5 Å². The van der Waals surface area contributed by atoms with Crippen molar-refractivity contribution in [2.45, 2.75) is 38.9 Å². The highest BCUT2D eigenvalue weighted by molar-refractivity contribution is 4.67. The van der Waals surface area contributed by atoms with Crippen LogP contribution in [0.4, 0.5) is 13.2 Å². The van der Waals surface area contributed by atoms with Crippen molar-refractivity contribution in [1.29, 1.82) is 0 Å². The van der Waals surface area contributed by atoms with Gasteiger partial charge in [-0.25, -0.2) is 0 Å². The summed E-state index contributed by atoms with van der Waals surface area (Å²) in [4.78, 5) is 1.37. The zero-order valence-corrected chi connectivity index (χ0v) is 8.64. The van der Waals surface area contributed by atoms with Crippen LogP contribution in [0, 0.1) is 0 Å². The fourth-order valence-electron chi connectivity index (χ4n) is 1.18. The van der Waals surface area contributed by atoms with E-state index < -0.39 is 12.7 Å². The van der Waals surface area contributed by atoms with Crippen LogP contribution in [-0.4, -0.2) is 41.9 Å². The molecule has 0 aliphatic heterocycles. The maximum atomic E-state index is 12.1. The molecule has 0 aromatic heterocycles. The summed E-state index contributed by atoms with van der Waals surface area (Å²) in [5, 5.41) is 8.51. The molecule has 0 saturated heterocycles. The molecule has 0 unspecified atom stereocenters. The van der Waals surface area contributed by atoms with Gasteiger partial charge in [-0.05, 0) is 33.2 Å². The van der Waals surface area contributed by atoms with E-state index in [0.717, 1.165) is 0 Å². The van der Waals surface area contributed by atoms with Gasteiger partial charge in [-0.3, -0.25) is 4.90 Å². The van der Waals surface area contributed by atoms with Crippen molar-refractivity contribution in [3.05, 3.63) is 0 Å². The van der Waals surface area contributed by atoms with Crippen LogP contribution < -0.4 is 0 Å². The maximum absolute atomic E-state index is 12.1. The van der Waals surface area contributed by atoms with Gasteiger partial charge in [0.1, 0.15) is 0 Å². The molecule has 0 saturated carbocycles. The predicted molar refractivity (Wildman–Crippen MR) is 49.1 cm³/mol. The minimum Gasteiger partial charge on any atom is -0.396 e. The fourth-order valence-corrected chi connectivity index (χ4v) is 1.18. The highest BCUT2D eigenvalue weighted by atomic mass is 19.4. The van der Waals surface area contributed by atoms with Crippen LogP contribution in [0.3, 0.4) is 0 Å². The second kappa shape index (κ2) is 6.24. The van der Waals surface area contributed by atoms with Gasteiger partial charge >= 0.3 is 6.18 Å². The summed E-state index contributed by atoms with van der Waals surface area (Å²) in [5.74, 6) is 0. The van der Waals surface area contributed by atoms with Gasteiger partial charge in [-0.15, -0.1) is 0 Å². The molecule has 0 atom stereocenters. The third kappa shape index (κ3) is 7.15. The number of alkyl halides is 3. The lowest BCUT2D eigenvalue weighted by Gasteiger charge is -2.27. The van der Waals surface area contributed by atoms with Crippen LogP contribution >= 0.6 is 0 Å². The van der Waals surface area contributed by atoms with Crippen LogP contribution in [-0.2, 0) is 0 Å². The van der Waals surface area contributed by atoms with Crippen molar-refractivity contribution in [2.24, 2.45) is 0 Å². The first-order valence-electron chi connectivity index (χ1n) is 4.78. The van der Waals surface area contributed by atoms with E-state index in [2.05, 4.69) is 0 Å². The lowest BCUT2D eigenvalue weighted by atomic mass is 10.2. The summed E-state index contributed by atoms with van der Waals surface area (Å²) in [5.41, 5.74) is 0.